The van der Waals surface area contributed by atoms with Gasteiger partial charge in [-0.1, -0.05) is 0 Å². The maximum absolute atomic E-state index is 11.9. The van der Waals surface area contributed by atoms with Crippen LogP contribution >= 0.6 is 0 Å². The average Bonchev–Trinajstić information content (AvgIpc) is 3.14. The number of hydrogen-bond acceptors (Lipinski definition) is 2. The van der Waals surface area contributed by atoms with Crippen molar-refractivity contribution in [2.24, 2.45) is 11.8 Å². The summed E-state index contributed by atoms with van der Waals surface area (Å²) in [5.41, 5.74) is 0. The van der Waals surface area contributed by atoms with Crippen LogP contribution in [0.15, 0.2) is 0 Å². The van der Waals surface area contributed by atoms with Gasteiger partial charge in [-0.2, -0.15) is 13.2 Å². The minimum Gasteiger partial charge on any atom is -0.380 e. The van der Waals surface area contributed by atoms with Gasteiger partial charge in [0.05, 0.1) is 6.61 Å². The molecule has 0 atom stereocenters. The first kappa shape index (κ1) is 14.1. The smallest absolute Gasteiger partial charge is 0.380 e. The SMILES string of the molecule is FC(F)(F)CCCOCCNC(C1CC1)C1CC1. The number of halogens is 3. The Balaban J connectivity index is 1.43. The molecule has 0 heterocycles. The van der Waals surface area contributed by atoms with Crippen molar-refractivity contribution in [3.8, 4) is 0 Å². The van der Waals surface area contributed by atoms with E-state index in [9.17, 15) is 13.2 Å². The Morgan fingerprint density at radius 1 is 1.06 bits per heavy atom. The molecule has 1 N–H and O–H groups in total. The van der Waals surface area contributed by atoms with Crippen LogP contribution in [0.4, 0.5) is 13.2 Å². The number of nitrogens with one attached hydrogen (secondary N) is 1. The second kappa shape index (κ2) is 6.24. The van der Waals surface area contributed by atoms with E-state index in [0.717, 1.165) is 18.4 Å². The van der Waals surface area contributed by atoms with E-state index in [4.69, 9.17) is 4.74 Å². The van der Waals surface area contributed by atoms with E-state index in [2.05, 4.69) is 5.32 Å². The summed E-state index contributed by atoms with van der Waals surface area (Å²) in [6.07, 6.45) is 0.610. The van der Waals surface area contributed by atoms with Crippen LogP contribution in [0.5, 0.6) is 0 Å². The number of ether oxygens (including phenoxy) is 1. The summed E-state index contributed by atoms with van der Waals surface area (Å²) in [6.45, 7) is 1.50. The van der Waals surface area contributed by atoms with E-state index in [1.807, 2.05) is 0 Å². The molecule has 0 aromatic rings. The van der Waals surface area contributed by atoms with Gasteiger partial charge < -0.3 is 10.1 Å². The fourth-order valence-electron chi connectivity index (χ4n) is 2.40. The van der Waals surface area contributed by atoms with Crippen LogP contribution in [-0.4, -0.2) is 32.0 Å². The van der Waals surface area contributed by atoms with Gasteiger partial charge in [-0.25, -0.2) is 0 Å². The molecule has 5 heteroatoms. The van der Waals surface area contributed by atoms with Gasteiger partial charge in [-0.05, 0) is 43.9 Å². The lowest BCUT2D eigenvalue weighted by molar-refractivity contribution is -0.137. The number of rotatable bonds is 9. The van der Waals surface area contributed by atoms with Gasteiger partial charge >= 0.3 is 6.18 Å². The van der Waals surface area contributed by atoms with Gasteiger partial charge in [0.2, 0.25) is 0 Å². The lowest BCUT2D eigenvalue weighted by Crippen LogP contribution is -2.35. The van der Waals surface area contributed by atoms with Crippen LogP contribution < -0.4 is 5.32 Å². The average molecular weight is 265 g/mol. The topological polar surface area (TPSA) is 21.3 Å². The summed E-state index contributed by atoms with van der Waals surface area (Å²) in [5.74, 6) is 1.70. The van der Waals surface area contributed by atoms with Crippen molar-refractivity contribution < 1.29 is 17.9 Å². The van der Waals surface area contributed by atoms with Crippen molar-refractivity contribution in [1.82, 2.24) is 5.32 Å². The summed E-state index contributed by atoms with van der Waals surface area (Å²) in [5, 5.41) is 3.50. The summed E-state index contributed by atoms with van der Waals surface area (Å²) in [6, 6.07) is 0.642. The summed E-state index contributed by atoms with van der Waals surface area (Å²) in [4.78, 5) is 0. The molecule has 0 bridgehead atoms. The highest BCUT2D eigenvalue weighted by atomic mass is 19.4. The third-order valence-electron chi connectivity index (χ3n) is 3.64. The molecule has 2 fully saturated rings. The minimum atomic E-state index is -4.05. The van der Waals surface area contributed by atoms with E-state index in [0.29, 0.717) is 12.6 Å². The maximum Gasteiger partial charge on any atom is 0.389 e. The van der Waals surface area contributed by atoms with Crippen LogP contribution in [0.1, 0.15) is 38.5 Å². The molecular formula is C13H22F3NO. The van der Waals surface area contributed by atoms with Gasteiger partial charge in [-0.15, -0.1) is 0 Å². The first-order chi connectivity index (χ1) is 8.56. The third kappa shape index (κ3) is 5.57. The Morgan fingerprint density at radius 2 is 1.67 bits per heavy atom. The van der Waals surface area contributed by atoms with Crippen LogP contribution in [0.25, 0.3) is 0 Å². The predicted octanol–water partition coefficient (Wildman–Crippen LogP) is 3.12. The van der Waals surface area contributed by atoms with Gasteiger partial charge in [0.1, 0.15) is 0 Å². The first-order valence-electron chi connectivity index (χ1n) is 6.94. The largest absolute Gasteiger partial charge is 0.389 e. The second-order valence-electron chi connectivity index (χ2n) is 5.49. The molecule has 0 aromatic carbocycles. The van der Waals surface area contributed by atoms with Gasteiger partial charge in [0, 0.05) is 25.6 Å². The molecule has 0 aromatic heterocycles. The van der Waals surface area contributed by atoms with Gasteiger partial charge in [0.15, 0.2) is 0 Å². The van der Waals surface area contributed by atoms with Crippen molar-refractivity contribution in [3.63, 3.8) is 0 Å². The Kier molecular flexibility index (Phi) is 4.90. The summed E-state index contributed by atoms with van der Waals surface area (Å²) < 4.78 is 40.8. The molecule has 18 heavy (non-hydrogen) atoms. The Morgan fingerprint density at radius 3 is 2.17 bits per heavy atom. The molecule has 0 unspecified atom stereocenters. The second-order valence-corrected chi connectivity index (χ2v) is 5.49. The van der Waals surface area contributed by atoms with Crippen LogP contribution in [-0.2, 0) is 4.74 Å². The standard InChI is InChI=1S/C13H22F3NO/c14-13(15,16)6-1-8-18-9-7-17-12(10-2-3-10)11-4-5-11/h10-12,17H,1-9H2. The fraction of sp³-hybridized carbons (Fsp3) is 1.00. The highest BCUT2D eigenvalue weighted by Gasteiger charge is 2.40. The zero-order valence-corrected chi connectivity index (χ0v) is 10.6. The number of hydrogen-bond donors (Lipinski definition) is 1. The maximum atomic E-state index is 11.9. The highest BCUT2D eigenvalue weighted by molar-refractivity contribution is 4.96. The molecule has 2 rings (SSSR count). The molecule has 106 valence electrons. The van der Waals surface area contributed by atoms with E-state index in [-0.39, 0.29) is 13.0 Å². The summed E-state index contributed by atoms with van der Waals surface area (Å²) in [7, 11) is 0. The van der Waals surface area contributed by atoms with E-state index >= 15 is 0 Å². The van der Waals surface area contributed by atoms with Gasteiger partial charge in [-0.3, -0.25) is 0 Å². The molecule has 0 spiro atoms. The lowest BCUT2D eigenvalue weighted by Gasteiger charge is -2.17. The van der Waals surface area contributed by atoms with Gasteiger partial charge in [0.25, 0.3) is 0 Å². The van der Waals surface area contributed by atoms with E-state index in [1.54, 1.807) is 0 Å². The van der Waals surface area contributed by atoms with Crippen molar-refractivity contribution >= 4 is 0 Å². The molecule has 2 aliphatic carbocycles. The Bertz CT molecular complexity index is 237. The molecule has 0 amide bonds. The predicted molar refractivity (Wildman–Crippen MR) is 63.3 cm³/mol. The molecule has 2 nitrogen and oxygen atoms in total. The third-order valence-corrected chi connectivity index (χ3v) is 3.64. The molecule has 0 aliphatic heterocycles. The molecule has 0 radical (unpaired) electrons. The lowest BCUT2D eigenvalue weighted by atomic mass is 10.1. The highest BCUT2D eigenvalue weighted by Crippen LogP contribution is 2.44. The van der Waals surface area contributed by atoms with Crippen LogP contribution in [0, 0.1) is 11.8 Å². The molecule has 2 aliphatic rings. The van der Waals surface area contributed by atoms with Crippen molar-refractivity contribution in [1.29, 1.82) is 0 Å². The van der Waals surface area contributed by atoms with E-state index in [1.165, 1.54) is 25.7 Å². The van der Waals surface area contributed by atoms with Crippen LogP contribution in [0.2, 0.25) is 0 Å². The van der Waals surface area contributed by atoms with Crippen molar-refractivity contribution in [2.45, 2.75) is 50.7 Å². The van der Waals surface area contributed by atoms with Crippen molar-refractivity contribution in [2.75, 3.05) is 19.8 Å². The molecular weight excluding hydrogens is 243 g/mol. The van der Waals surface area contributed by atoms with Crippen LogP contribution in [0.3, 0.4) is 0 Å². The Labute approximate surface area is 106 Å². The molecule has 0 saturated heterocycles. The monoisotopic (exact) mass is 265 g/mol. The fourth-order valence-corrected chi connectivity index (χ4v) is 2.40. The zero-order chi connectivity index (χ0) is 13.0. The summed E-state index contributed by atoms with van der Waals surface area (Å²) >= 11 is 0. The van der Waals surface area contributed by atoms with Crippen molar-refractivity contribution in [3.05, 3.63) is 0 Å². The quantitative estimate of drug-likeness (QED) is 0.647. The Hall–Kier alpha value is -0.290. The zero-order valence-electron chi connectivity index (χ0n) is 10.6. The molecule has 2 saturated carbocycles. The van der Waals surface area contributed by atoms with E-state index < -0.39 is 12.6 Å². The normalized spacial score (nSPS) is 20.7. The minimum absolute atomic E-state index is 0.0676. The first-order valence-corrected chi connectivity index (χ1v) is 6.94. The number of alkyl halides is 3.